The van der Waals surface area contributed by atoms with Gasteiger partial charge >= 0.3 is 0 Å². The van der Waals surface area contributed by atoms with E-state index in [-0.39, 0.29) is 0 Å². The number of hydrogen-bond acceptors (Lipinski definition) is 4. The van der Waals surface area contributed by atoms with Gasteiger partial charge in [-0.05, 0) is 5.92 Å². The summed E-state index contributed by atoms with van der Waals surface area (Å²) in [5, 5.41) is 0. The molecule has 4 heteroatoms. The molecule has 0 bridgehead atoms. The van der Waals surface area contributed by atoms with E-state index in [1.54, 1.807) is 0 Å². The minimum absolute atomic E-state index is 0.290. The lowest BCUT2D eigenvalue weighted by Gasteiger charge is -2.33. The van der Waals surface area contributed by atoms with Gasteiger partial charge in [0.15, 0.2) is 0 Å². The van der Waals surface area contributed by atoms with Gasteiger partial charge in [0.25, 0.3) is 0 Å². The first-order valence-electron chi connectivity index (χ1n) is 4.95. The molecule has 0 saturated carbocycles. The van der Waals surface area contributed by atoms with E-state index in [0.717, 1.165) is 24.5 Å². The smallest absolute Gasteiger partial charge is 0.0834 e. The predicted octanol–water partition coefficient (Wildman–Crippen LogP) is 0.996. The maximum absolute atomic E-state index is 5.69. The highest BCUT2D eigenvalue weighted by Gasteiger charge is 2.27. The Morgan fingerprint density at radius 3 is 2.92 bits per heavy atom. The Kier molecular flexibility index (Phi) is 5.09. The fraction of sp³-hybridized carbons (Fsp3) is 1.00. The van der Waals surface area contributed by atoms with Crippen molar-refractivity contribution in [2.45, 2.75) is 32.4 Å². The first-order valence-corrected chi connectivity index (χ1v) is 6.10. The molecule has 78 valence electrons. The van der Waals surface area contributed by atoms with Gasteiger partial charge in [0.2, 0.25) is 0 Å². The molecular weight excluding hydrogens is 184 g/mol. The predicted molar refractivity (Wildman–Crippen MR) is 57.6 cm³/mol. The molecule has 0 aromatic rings. The van der Waals surface area contributed by atoms with E-state index in [1.165, 1.54) is 0 Å². The second kappa shape index (κ2) is 5.86. The Labute approximate surface area is 84.7 Å². The number of rotatable bonds is 4. The van der Waals surface area contributed by atoms with Crippen molar-refractivity contribution in [1.29, 1.82) is 0 Å². The van der Waals surface area contributed by atoms with Crippen molar-refractivity contribution in [3.05, 3.63) is 0 Å². The van der Waals surface area contributed by atoms with Crippen molar-refractivity contribution >= 4 is 11.8 Å². The standard InChI is InChI=1S/C9H20N2OS/c1-3-7(2)9(11-10)8-6-13-5-4-12-8/h7-9,11H,3-6,10H2,1-2H3. The van der Waals surface area contributed by atoms with Crippen LogP contribution in [0.1, 0.15) is 20.3 Å². The van der Waals surface area contributed by atoms with E-state index in [0.29, 0.717) is 18.1 Å². The molecule has 0 aromatic carbocycles. The van der Waals surface area contributed by atoms with E-state index in [1.807, 2.05) is 11.8 Å². The highest BCUT2D eigenvalue weighted by molar-refractivity contribution is 7.99. The van der Waals surface area contributed by atoms with Crippen LogP contribution in [0, 0.1) is 5.92 Å². The van der Waals surface area contributed by atoms with Crippen LogP contribution in [0.25, 0.3) is 0 Å². The zero-order valence-corrected chi connectivity index (χ0v) is 9.27. The highest BCUT2D eigenvalue weighted by Crippen LogP contribution is 2.20. The van der Waals surface area contributed by atoms with Crippen molar-refractivity contribution in [1.82, 2.24) is 5.43 Å². The number of hydrogen-bond donors (Lipinski definition) is 2. The Morgan fingerprint density at radius 1 is 1.69 bits per heavy atom. The molecule has 3 N–H and O–H groups in total. The highest BCUT2D eigenvalue weighted by atomic mass is 32.2. The minimum Gasteiger partial charge on any atom is -0.375 e. The third-order valence-corrected chi connectivity index (χ3v) is 3.71. The van der Waals surface area contributed by atoms with Crippen LogP contribution in [-0.2, 0) is 4.74 Å². The maximum atomic E-state index is 5.69. The van der Waals surface area contributed by atoms with Gasteiger partial charge in [-0.25, -0.2) is 0 Å². The summed E-state index contributed by atoms with van der Waals surface area (Å²) in [5.74, 6) is 8.31. The lowest BCUT2D eigenvalue weighted by Crippen LogP contribution is -2.51. The van der Waals surface area contributed by atoms with Crippen LogP contribution in [0.5, 0.6) is 0 Å². The topological polar surface area (TPSA) is 47.3 Å². The monoisotopic (exact) mass is 204 g/mol. The molecule has 1 aliphatic heterocycles. The number of hydrazine groups is 1. The van der Waals surface area contributed by atoms with Crippen LogP contribution < -0.4 is 11.3 Å². The molecule has 1 rings (SSSR count). The third-order valence-electron chi connectivity index (χ3n) is 2.69. The fourth-order valence-corrected chi connectivity index (χ4v) is 2.52. The lowest BCUT2D eigenvalue weighted by atomic mass is 9.95. The zero-order valence-electron chi connectivity index (χ0n) is 8.45. The molecule has 3 unspecified atom stereocenters. The molecular formula is C9H20N2OS. The average Bonchev–Trinajstić information content (AvgIpc) is 2.20. The third kappa shape index (κ3) is 3.13. The summed E-state index contributed by atoms with van der Waals surface area (Å²) in [6.07, 6.45) is 1.43. The molecule has 13 heavy (non-hydrogen) atoms. The summed E-state index contributed by atoms with van der Waals surface area (Å²) < 4.78 is 5.69. The van der Waals surface area contributed by atoms with Gasteiger partial charge in [0.1, 0.15) is 0 Å². The van der Waals surface area contributed by atoms with Gasteiger partial charge in [-0.1, -0.05) is 20.3 Å². The Hall–Kier alpha value is 0.230. The minimum atomic E-state index is 0.290. The quantitative estimate of drug-likeness (QED) is 0.530. The molecule has 0 amide bonds. The molecule has 1 fully saturated rings. The SMILES string of the molecule is CCC(C)C(NN)C1CSCCO1. The van der Waals surface area contributed by atoms with Crippen LogP contribution >= 0.6 is 11.8 Å². The lowest BCUT2D eigenvalue weighted by molar-refractivity contribution is 0.0315. The van der Waals surface area contributed by atoms with E-state index in [2.05, 4.69) is 19.3 Å². The maximum Gasteiger partial charge on any atom is 0.0834 e. The molecule has 1 saturated heterocycles. The van der Waals surface area contributed by atoms with E-state index < -0.39 is 0 Å². The molecule has 0 aromatic heterocycles. The molecule has 3 atom stereocenters. The first kappa shape index (κ1) is 11.3. The Balaban J connectivity index is 2.43. The molecule has 0 radical (unpaired) electrons. The first-order chi connectivity index (χ1) is 6.29. The van der Waals surface area contributed by atoms with Gasteiger partial charge in [0.05, 0.1) is 18.8 Å². The summed E-state index contributed by atoms with van der Waals surface area (Å²) >= 11 is 1.95. The van der Waals surface area contributed by atoms with Crippen LogP contribution in [0.4, 0.5) is 0 Å². The van der Waals surface area contributed by atoms with Gasteiger partial charge in [-0.2, -0.15) is 11.8 Å². The van der Waals surface area contributed by atoms with Gasteiger partial charge in [-0.15, -0.1) is 0 Å². The van der Waals surface area contributed by atoms with Crippen LogP contribution in [0.2, 0.25) is 0 Å². The summed E-state index contributed by atoms with van der Waals surface area (Å²) in [7, 11) is 0. The zero-order chi connectivity index (χ0) is 9.68. The summed E-state index contributed by atoms with van der Waals surface area (Å²) in [5.41, 5.74) is 2.88. The van der Waals surface area contributed by atoms with E-state index in [4.69, 9.17) is 10.6 Å². The second-order valence-electron chi connectivity index (χ2n) is 3.56. The molecule has 0 spiro atoms. The van der Waals surface area contributed by atoms with Gasteiger partial charge in [0, 0.05) is 11.5 Å². The van der Waals surface area contributed by atoms with Crippen molar-refractivity contribution in [2.75, 3.05) is 18.1 Å². The second-order valence-corrected chi connectivity index (χ2v) is 4.71. The summed E-state index contributed by atoms with van der Waals surface area (Å²) in [4.78, 5) is 0. The van der Waals surface area contributed by atoms with E-state index >= 15 is 0 Å². The Bertz CT molecular complexity index is 140. The molecule has 0 aliphatic carbocycles. The molecule has 1 aliphatic rings. The fourth-order valence-electron chi connectivity index (χ4n) is 1.61. The van der Waals surface area contributed by atoms with Crippen molar-refractivity contribution in [3.63, 3.8) is 0 Å². The van der Waals surface area contributed by atoms with Gasteiger partial charge < -0.3 is 4.74 Å². The van der Waals surface area contributed by atoms with Crippen LogP contribution in [0.15, 0.2) is 0 Å². The van der Waals surface area contributed by atoms with Crippen molar-refractivity contribution < 1.29 is 4.74 Å². The number of thioether (sulfide) groups is 1. The average molecular weight is 204 g/mol. The van der Waals surface area contributed by atoms with E-state index in [9.17, 15) is 0 Å². The molecule has 3 nitrogen and oxygen atoms in total. The summed E-state index contributed by atoms with van der Waals surface area (Å²) in [6.45, 7) is 5.27. The normalized spacial score (nSPS) is 28.4. The molecule has 1 heterocycles. The largest absolute Gasteiger partial charge is 0.375 e. The number of ether oxygens (including phenoxy) is 1. The van der Waals surface area contributed by atoms with Crippen LogP contribution in [-0.4, -0.2) is 30.3 Å². The Morgan fingerprint density at radius 2 is 2.46 bits per heavy atom. The number of nitrogens with one attached hydrogen (secondary N) is 1. The van der Waals surface area contributed by atoms with Crippen molar-refractivity contribution in [2.24, 2.45) is 11.8 Å². The van der Waals surface area contributed by atoms with Crippen LogP contribution in [0.3, 0.4) is 0 Å². The summed E-state index contributed by atoms with van der Waals surface area (Å²) in [6, 6.07) is 0.304. The number of nitrogens with two attached hydrogens (primary N) is 1. The van der Waals surface area contributed by atoms with Gasteiger partial charge in [-0.3, -0.25) is 11.3 Å². The van der Waals surface area contributed by atoms with Crippen molar-refractivity contribution in [3.8, 4) is 0 Å².